The Morgan fingerprint density at radius 2 is 1.77 bits per heavy atom. The zero-order valence-electron chi connectivity index (χ0n) is 24.5. The first-order chi connectivity index (χ1) is 21.0. The van der Waals surface area contributed by atoms with Crippen LogP contribution in [-0.4, -0.2) is 46.8 Å². The lowest BCUT2D eigenvalue weighted by Crippen LogP contribution is -2.28. The zero-order chi connectivity index (χ0) is 31.6. The SMILES string of the molecule is CCOC(=O)c1nc2cc(OC)c(CC)cc2nc1-c1ccc(CC(=O)CCCc2cc(C3(C(F)(F)F)CC3)on2)c(F)c1. The van der Waals surface area contributed by atoms with E-state index in [9.17, 15) is 22.8 Å². The minimum atomic E-state index is -4.40. The second-order valence-electron chi connectivity index (χ2n) is 10.8. The number of benzene rings is 2. The van der Waals surface area contributed by atoms with E-state index in [0.29, 0.717) is 40.9 Å². The van der Waals surface area contributed by atoms with E-state index in [1.807, 2.05) is 13.0 Å². The summed E-state index contributed by atoms with van der Waals surface area (Å²) in [6.45, 7) is 3.73. The van der Waals surface area contributed by atoms with Crippen molar-refractivity contribution in [2.45, 2.75) is 70.4 Å². The van der Waals surface area contributed by atoms with Crippen molar-refractivity contribution in [1.82, 2.24) is 15.1 Å². The van der Waals surface area contributed by atoms with E-state index >= 15 is 4.39 Å². The Labute approximate surface area is 250 Å². The summed E-state index contributed by atoms with van der Waals surface area (Å²) in [7, 11) is 1.54. The van der Waals surface area contributed by atoms with Gasteiger partial charge in [0.2, 0.25) is 0 Å². The number of halogens is 4. The summed E-state index contributed by atoms with van der Waals surface area (Å²) < 4.78 is 70.8. The molecule has 44 heavy (non-hydrogen) atoms. The first kappa shape index (κ1) is 31.1. The van der Waals surface area contributed by atoms with Crippen LogP contribution in [0.15, 0.2) is 40.9 Å². The molecule has 2 heterocycles. The van der Waals surface area contributed by atoms with Crippen molar-refractivity contribution in [3.63, 3.8) is 0 Å². The maximum Gasteiger partial charge on any atom is 0.401 e. The number of aromatic nitrogens is 3. The molecule has 2 aromatic carbocycles. The van der Waals surface area contributed by atoms with Crippen LogP contribution in [0.5, 0.6) is 5.75 Å². The monoisotopic (exact) mass is 613 g/mol. The Balaban J connectivity index is 1.29. The third kappa shape index (κ3) is 6.15. The number of rotatable bonds is 12. The number of Topliss-reactive ketones (excluding diaryl/α,β-unsaturated/α-hetero) is 1. The van der Waals surface area contributed by atoms with Crippen LogP contribution >= 0.6 is 0 Å². The molecular weight excluding hydrogens is 582 g/mol. The molecule has 0 N–H and O–H groups in total. The fourth-order valence-electron chi connectivity index (χ4n) is 5.19. The first-order valence-corrected chi connectivity index (χ1v) is 14.4. The quantitative estimate of drug-likeness (QED) is 0.126. The molecule has 12 heteroatoms. The van der Waals surface area contributed by atoms with Crippen molar-refractivity contribution >= 4 is 22.8 Å². The number of hydrogen-bond acceptors (Lipinski definition) is 8. The second kappa shape index (κ2) is 12.3. The van der Waals surface area contributed by atoms with Gasteiger partial charge in [-0.05, 0) is 62.3 Å². The van der Waals surface area contributed by atoms with Crippen LogP contribution in [0.4, 0.5) is 17.6 Å². The Hall–Kier alpha value is -4.35. The maximum atomic E-state index is 15.3. The van der Waals surface area contributed by atoms with Gasteiger partial charge in [-0.3, -0.25) is 4.79 Å². The lowest BCUT2D eigenvalue weighted by atomic mass is 10.00. The lowest BCUT2D eigenvalue weighted by Gasteiger charge is -2.15. The van der Waals surface area contributed by atoms with Crippen LogP contribution in [0.2, 0.25) is 0 Å². The third-order valence-corrected chi connectivity index (χ3v) is 7.84. The summed E-state index contributed by atoms with van der Waals surface area (Å²) in [5.41, 5.74) is 0.723. The highest BCUT2D eigenvalue weighted by Crippen LogP contribution is 2.59. The standard InChI is InChI=1S/C32H31F4N3O5/c1-4-18-15-24-25(17-26(18)42-3)38-29(30(41)43-5-2)28(37-24)20-10-9-19(23(33)14-20)13-22(40)8-6-7-21-16-27(44-39-21)31(11-12-31)32(34,35)36/h9-10,14-17H,4-8,11-13H2,1-3H3. The van der Waals surface area contributed by atoms with Gasteiger partial charge in [-0.2, -0.15) is 13.2 Å². The van der Waals surface area contributed by atoms with Crippen molar-refractivity contribution in [2.75, 3.05) is 13.7 Å². The number of alkyl halides is 3. The highest BCUT2D eigenvalue weighted by Gasteiger charge is 2.66. The number of carbonyl (C=O) groups is 2. The summed E-state index contributed by atoms with van der Waals surface area (Å²) in [6.07, 6.45) is -3.29. The molecule has 1 fully saturated rings. The summed E-state index contributed by atoms with van der Waals surface area (Å²) in [5.74, 6) is -1.19. The van der Waals surface area contributed by atoms with Gasteiger partial charge in [-0.25, -0.2) is 19.2 Å². The van der Waals surface area contributed by atoms with Gasteiger partial charge in [-0.15, -0.1) is 0 Å². The Morgan fingerprint density at radius 1 is 1.02 bits per heavy atom. The van der Waals surface area contributed by atoms with E-state index in [2.05, 4.69) is 15.1 Å². The van der Waals surface area contributed by atoms with Crippen molar-refractivity contribution < 1.29 is 41.1 Å². The number of ketones is 1. The molecule has 8 nitrogen and oxygen atoms in total. The summed E-state index contributed by atoms with van der Waals surface area (Å²) >= 11 is 0. The molecule has 232 valence electrons. The minimum absolute atomic E-state index is 0.0272. The van der Waals surface area contributed by atoms with Gasteiger partial charge < -0.3 is 14.0 Å². The number of methoxy groups -OCH3 is 1. The Bertz CT molecular complexity index is 1710. The largest absolute Gasteiger partial charge is 0.496 e. The molecule has 1 aliphatic rings. The molecule has 0 radical (unpaired) electrons. The van der Waals surface area contributed by atoms with Crippen molar-refractivity contribution in [3.05, 3.63) is 70.5 Å². The number of hydrogen-bond donors (Lipinski definition) is 0. The van der Waals surface area contributed by atoms with Gasteiger partial charge in [0, 0.05) is 30.5 Å². The molecular formula is C32H31F4N3O5. The molecule has 1 saturated carbocycles. The molecule has 1 aliphatic carbocycles. The minimum Gasteiger partial charge on any atom is -0.496 e. The van der Waals surface area contributed by atoms with Crippen LogP contribution in [0.3, 0.4) is 0 Å². The predicted molar refractivity (Wildman–Crippen MR) is 152 cm³/mol. The van der Waals surface area contributed by atoms with Crippen molar-refractivity contribution in [1.29, 1.82) is 0 Å². The van der Waals surface area contributed by atoms with Gasteiger partial charge in [0.1, 0.15) is 28.5 Å². The van der Waals surface area contributed by atoms with Gasteiger partial charge >= 0.3 is 12.1 Å². The van der Waals surface area contributed by atoms with Crippen LogP contribution in [0, 0.1) is 5.82 Å². The highest BCUT2D eigenvalue weighted by atomic mass is 19.4. The number of carbonyl (C=O) groups excluding carboxylic acids is 2. The summed E-state index contributed by atoms with van der Waals surface area (Å²) in [5, 5.41) is 3.74. The van der Waals surface area contributed by atoms with Crippen molar-refractivity contribution in [3.8, 4) is 17.0 Å². The van der Waals surface area contributed by atoms with Gasteiger partial charge in [0.05, 0.1) is 30.4 Å². The molecule has 4 aromatic rings. The highest BCUT2D eigenvalue weighted by molar-refractivity contribution is 5.97. The maximum absolute atomic E-state index is 15.3. The van der Waals surface area contributed by atoms with Crippen LogP contribution in [-0.2, 0) is 34.2 Å². The normalized spacial score (nSPS) is 14.1. The van der Waals surface area contributed by atoms with E-state index in [-0.39, 0.29) is 67.2 Å². The van der Waals surface area contributed by atoms with E-state index in [4.69, 9.17) is 14.0 Å². The van der Waals surface area contributed by atoms with Crippen LogP contribution < -0.4 is 4.74 Å². The van der Waals surface area contributed by atoms with E-state index in [1.54, 1.807) is 26.2 Å². The molecule has 0 saturated heterocycles. The van der Waals surface area contributed by atoms with Crippen molar-refractivity contribution in [2.24, 2.45) is 0 Å². The van der Waals surface area contributed by atoms with Crippen LogP contribution in [0.25, 0.3) is 22.3 Å². The molecule has 2 aromatic heterocycles. The fraction of sp³-hybridized carbons (Fsp3) is 0.406. The average Bonchev–Trinajstić information content (AvgIpc) is 3.69. The van der Waals surface area contributed by atoms with Gasteiger partial charge in [-0.1, -0.05) is 24.2 Å². The molecule has 0 bridgehead atoms. The van der Waals surface area contributed by atoms with E-state index in [0.717, 1.165) is 5.56 Å². The molecule has 0 unspecified atom stereocenters. The molecule has 0 aliphatic heterocycles. The second-order valence-corrected chi connectivity index (χ2v) is 10.8. The topological polar surface area (TPSA) is 104 Å². The average molecular weight is 614 g/mol. The lowest BCUT2D eigenvalue weighted by molar-refractivity contribution is -0.165. The number of nitrogens with zero attached hydrogens (tertiary/aromatic N) is 3. The molecule has 0 amide bonds. The smallest absolute Gasteiger partial charge is 0.401 e. The molecule has 5 rings (SSSR count). The number of ether oxygens (including phenoxy) is 2. The molecule has 0 atom stereocenters. The van der Waals surface area contributed by atoms with Gasteiger partial charge in [0.15, 0.2) is 11.5 Å². The Kier molecular flexibility index (Phi) is 8.71. The van der Waals surface area contributed by atoms with E-state index in [1.165, 1.54) is 18.2 Å². The Morgan fingerprint density at radius 3 is 2.41 bits per heavy atom. The van der Waals surface area contributed by atoms with Gasteiger partial charge in [0.25, 0.3) is 0 Å². The number of fused-ring (bicyclic) bond motifs is 1. The van der Waals surface area contributed by atoms with E-state index < -0.39 is 23.4 Å². The van der Waals surface area contributed by atoms with Crippen LogP contribution in [0.1, 0.15) is 72.6 Å². The zero-order valence-corrected chi connectivity index (χ0v) is 24.5. The first-order valence-electron chi connectivity index (χ1n) is 14.4. The third-order valence-electron chi connectivity index (χ3n) is 7.84. The molecule has 0 spiro atoms. The number of aryl methyl sites for hydroxylation is 2. The fourth-order valence-corrected chi connectivity index (χ4v) is 5.19. The number of esters is 1. The predicted octanol–water partition coefficient (Wildman–Crippen LogP) is 6.90. The summed E-state index contributed by atoms with van der Waals surface area (Å²) in [6, 6.07) is 9.05. The summed E-state index contributed by atoms with van der Waals surface area (Å²) in [4.78, 5) is 34.6.